The zero-order valence-corrected chi connectivity index (χ0v) is 35.1. The summed E-state index contributed by atoms with van der Waals surface area (Å²) < 4.78 is 22.8. The number of hydrazone groups is 1. The third-order valence-electron chi connectivity index (χ3n) is 11.5. The minimum atomic E-state index is -0.876. The number of benzene rings is 2. The van der Waals surface area contributed by atoms with Crippen molar-refractivity contribution in [1.82, 2.24) is 38.8 Å². The number of rotatable bonds is 14. The zero-order chi connectivity index (χ0) is 43.3. The number of amides is 4. The van der Waals surface area contributed by atoms with Crippen molar-refractivity contribution in [3.8, 4) is 11.5 Å². The molecule has 2 saturated heterocycles. The number of hydrogen-bond donors (Lipinski definition) is 4. The van der Waals surface area contributed by atoms with Gasteiger partial charge in [0.15, 0.2) is 0 Å². The molecule has 0 bridgehead atoms. The molecular weight excluding hydrogens is 787 g/mol. The molecule has 2 aromatic carbocycles. The number of fused-ring (bicyclic) bond motifs is 2. The second-order valence-electron chi connectivity index (χ2n) is 16.0. The van der Waals surface area contributed by atoms with E-state index in [4.69, 9.17) is 25.7 Å². The van der Waals surface area contributed by atoms with E-state index in [1.807, 2.05) is 27.7 Å². The molecule has 2 fully saturated rings. The third kappa shape index (κ3) is 7.60. The zero-order valence-electron chi connectivity index (χ0n) is 35.1. The fraction of sp³-hybridized carbons (Fsp3) is 0.463. The summed E-state index contributed by atoms with van der Waals surface area (Å²) in [6.45, 7) is 14.8. The highest BCUT2D eigenvalue weighted by molar-refractivity contribution is 6.00. The molecule has 0 saturated carbocycles. The number of carbonyl (C=O) groups excluding carboxylic acids is 4. The number of likely N-dealkylation sites (tertiary alicyclic amines) is 1. The minimum Gasteiger partial charge on any atom is -0.494 e. The summed E-state index contributed by atoms with van der Waals surface area (Å²) in [6, 6.07) is 7.23. The lowest BCUT2D eigenvalue weighted by Gasteiger charge is -2.55. The van der Waals surface area contributed by atoms with Crippen molar-refractivity contribution < 1.29 is 33.4 Å². The lowest BCUT2D eigenvalue weighted by Crippen LogP contribution is -2.65. The Morgan fingerprint density at radius 2 is 1.54 bits per heavy atom. The predicted molar refractivity (Wildman–Crippen MR) is 223 cm³/mol. The molecule has 3 aliphatic rings. The molecule has 20 nitrogen and oxygen atoms in total. The van der Waals surface area contributed by atoms with Crippen molar-refractivity contribution in [2.75, 3.05) is 53.1 Å². The number of nitrogens with zero attached hydrogens (tertiary/aromatic N) is 9. The van der Waals surface area contributed by atoms with Gasteiger partial charge in [0.05, 0.1) is 43.7 Å². The molecule has 0 aliphatic carbocycles. The van der Waals surface area contributed by atoms with E-state index in [1.54, 1.807) is 50.0 Å². The van der Waals surface area contributed by atoms with Gasteiger partial charge in [-0.15, -0.1) is 0 Å². The van der Waals surface area contributed by atoms with E-state index < -0.39 is 35.8 Å². The second kappa shape index (κ2) is 16.1. The molecule has 0 radical (unpaired) electrons. The molecule has 3 aliphatic heterocycles. The van der Waals surface area contributed by atoms with Crippen molar-refractivity contribution in [3.63, 3.8) is 0 Å². The van der Waals surface area contributed by atoms with E-state index in [2.05, 4.69) is 35.1 Å². The van der Waals surface area contributed by atoms with Crippen molar-refractivity contribution in [2.45, 2.75) is 66.2 Å². The number of carbonyl (C=O) groups is 4. The predicted octanol–water partition coefficient (Wildman–Crippen LogP) is 1.79. The van der Waals surface area contributed by atoms with Crippen molar-refractivity contribution in [3.05, 3.63) is 64.1 Å². The number of likely N-dealkylation sites (N-methyl/N-ethyl adjacent to an activating group) is 1. The maximum absolute atomic E-state index is 14.2. The van der Waals surface area contributed by atoms with Gasteiger partial charge < -0.3 is 40.5 Å². The molecule has 4 amide bonds. The Balaban J connectivity index is 1.32. The summed E-state index contributed by atoms with van der Waals surface area (Å²) in [6.07, 6.45) is 0.213. The van der Waals surface area contributed by atoms with Crippen LogP contribution >= 0.6 is 0 Å². The molecule has 61 heavy (non-hydrogen) atoms. The topological polar surface area (TPSA) is 251 Å². The Labute approximate surface area is 349 Å². The highest BCUT2D eigenvalue weighted by Gasteiger charge is 2.48. The Bertz CT molecular complexity index is 2760. The highest BCUT2D eigenvalue weighted by Crippen LogP contribution is 2.37. The first-order valence-corrected chi connectivity index (χ1v) is 20.4. The summed E-state index contributed by atoms with van der Waals surface area (Å²) in [5.41, 5.74) is 15.8. The summed E-state index contributed by atoms with van der Waals surface area (Å²) in [7, 11) is 1.45. The fourth-order valence-electron chi connectivity index (χ4n) is 8.65. The maximum atomic E-state index is 14.2. The van der Waals surface area contributed by atoms with Crippen LogP contribution in [0.5, 0.6) is 11.5 Å². The smallest absolute Gasteiger partial charge is 0.298 e. The number of aryl methyl sites for hydroxylation is 2. The first kappa shape index (κ1) is 41.2. The van der Waals surface area contributed by atoms with Crippen LogP contribution in [0.3, 0.4) is 0 Å². The van der Waals surface area contributed by atoms with Crippen LogP contribution in [0.15, 0.2) is 45.4 Å². The van der Waals surface area contributed by atoms with Crippen LogP contribution in [-0.4, -0.2) is 127 Å². The average Bonchev–Trinajstić information content (AvgIpc) is 3.97. The number of ether oxygens (including phenoxy) is 3. The van der Waals surface area contributed by atoms with Crippen molar-refractivity contribution >= 4 is 51.4 Å². The van der Waals surface area contributed by atoms with Gasteiger partial charge in [0.2, 0.25) is 23.1 Å². The van der Waals surface area contributed by atoms with Crippen LogP contribution in [0.25, 0.3) is 22.1 Å². The number of H-pyrrole nitrogens is 2. The molecule has 322 valence electrons. The lowest BCUT2D eigenvalue weighted by molar-refractivity contribution is -0.189. The second-order valence-corrected chi connectivity index (χ2v) is 16.0. The fourth-order valence-corrected chi connectivity index (χ4v) is 8.65. The molecule has 6 N–H and O–H groups in total. The van der Waals surface area contributed by atoms with Crippen molar-refractivity contribution in [2.24, 2.45) is 32.0 Å². The van der Waals surface area contributed by atoms with Gasteiger partial charge >= 0.3 is 0 Å². The first-order chi connectivity index (χ1) is 29.2. The van der Waals surface area contributed by atoms with E-state index >= 15 is 0 Å². The molecule has 1 spiro atoms. The SMILES string of the molecule is CCN1N=C(C)CC1C(=O)/N=c1\[nH]c2cc(C(N)=O)cc(OCCCN3CC4(COC4)C3)c2n1C(C)n1/c(=N\C(=O)c2cc(C)nn2CC)[nH]c2cc(C(N)=O)cc(OC)c21. The van der Waals surface area contributed by atoms with Crippen LogP contribution in [0.1, 0.15) is 83.6 Å². The minimum absolute atomic E-state index is 0.0745. The monoisotopic (exact) mass is 837 g/mol. The lowest BCUT2D eigenvalue weighted by atomic mass is 9.78. The van der Waals surface area contributed by atoms with Crippen LogP contribution in [0, 0.1) is 12.3 Å². The van der Waals surface area contributed by atoms with Gasteiger partial charge in [-0.2, -0.15) is 20.2 Å². The molecule has 6 heterocycles. The van der Waals surface area contributed by atoms with Gasteiger partial charge in [0.1, 0.15) is 40.4 Å². The number of aromatic nitrogens is 6. The summed E-state index contributed by atoms with van der Waals surface area (Å²) >= 11 is 0. The van der Waals surface area contributed by atoms with Crippen LogP contribution in [0.2, 0.25) is 0 Å². The van der Waals surface area contributed by atoms with E-state index in [-0.39, 0.29) is 39.2 Å². The molecule has 2 atom stereocenters. The normalized spacial score (nSPS) is 18.4. The summed E-state index contributed by atoms with van der Waals surface area (Å²) in [5.74, 6) is -1.85. The number of aromatic amines is 2. The maximum Gasteiger partial charge on any atom is 0.298 e. The first-order valence-electron chi connectivity index (χ1n) is 20.4. The Kier molecular flexibility index (Phi) is 10.9. The number of nitrogens with one attached hydrogen (secondary N) is 2. The van der Waals surface area contributed by atoms with Crippen LogP contribution in [0.4, 0.5) is 0 Å². The van der Waals surface area contributed by atoms with Crippen LogP contribution < -0.4 is 32.2 Å². The van der Waals surface area contributed by atoms with Gasteiger partial charge in [-0.05, 0) is 71.4 Å². The Morgan fingerprint density at radius 1 is 0.918 bits per heavy atom. The van der Waals surface area contributed by atoms with Crippen molar-refractivity contribution in [1.29, 1.82) is 0 Å². The quantitative estimate of drug-likeness (QED) is 0.118. The summed E-state index contributed by atoms with van der Waals surface area (Å²) in [4.78, 5) is 71.6. The Hall–Kier alpha value is -6.54. The van der Waals surface area contributed by atoms with E-state index in [0.29, 0.717) is 66.0 Å². The van der Waals surface area contributed by atoms with Gasteiger partial charge in [-0.25, -0.2) is 0 Å². The number of methoxy groups -OCH3 is 1. The largest absolute Gasteiger partial charge is 0.494 e. The number of imidazole rings is 2. The highest BCUT2D eigenvalue weighted by atomic mass is 16.5. The number of primary amides is 2. The summed E-state index contributed by atoms with van der Waals surface area (Å²) in [5, 5.41) is 10.7. The molecule has 3 aromatic heterocycles. The molecule has 8 rings (SSSR count). The average molecular weight is 838 g/mol. The Morgan fingerprint density at radius 3 is 2.11 bits per heavy atom. The molecule has 5 aromatic rings. The molecule has 2 unspecified atom stereocenters. The molecule has 20 heteroatoms. The van der Waals surface area contributed by atoms with Gasteiger partial charge in [0.25, 0.3) is 11.8 Å². The van der Waals surface area contributed by atoms with E-state index in [1.165, 1.54) is 13.2 Å². The van der Waals surface area contributed by atoms with E-state index in [9.17, 15) is 19.2 Å². The van der Waals surface area contributed by atoms with Crippen LogP contribution in [-0.2, 0) is 16.1 Å². The number of hydrogen-bond acceptors (Lipinski definition) is 11. The number of nitrogens with two attached hydrogens (primary N) is 2. The standard InChI is InChI=1S/C41H51N13O7/c1-7-51-29(12-22(3)48-51)37(57)46-39-44-27-14-25(35(42)55)16-31(59-6)33(27)53(39)24(5)54-34-28(45-40(54)47-38(58)30-13-23(4)49-52(30)8-2)15-26(36(43)56)17-32(34)61-11-9-10-50-18-41(19-50)20-60-21-41/h12,14-17,24,30H,7-11,13,18-21H2,1-6H3,(H2,42,55)(H2,43,56)(H,44,46,57)(H,45,47,58). The van der Waals surface area contributed by atoms with E-state index in [0.717, 1.165) is 38.6 Å². The van der Waals surface area contributed by atoms with Gasteiger partial charge in [-0.1, -0.05) is 0 Å². The van der Waals surface area contributed by atoms with Gasteiger partial charge in [-0.3, -0.25) is 38.0 Å². The van der Waals surface area contributed by atoms with Gasteiger partial charge in [0, 0.05) is 61.4 Å². The molecular formula is C41H51N13O7. The third-order valence-corrected chi connectivity index (χ3v) is 11.5.